The Kier molecular flexibility index (Phi) is 4.79. The van der Waals surface area contributed by atoms with Crippen molar-refractivity contribution in [1.29, 1.82) is 0 Å². The number of nitrogens with zero attached hydrogens (tertiary/aromatic N) is 1. The monoisotopic (exact) mass is 255 g/mol. The molecule has 94 valence electrons. The average molecular weight is 255 g/mol. The molecule has 0 spiro atoms. The fourth-order valence-electron chi connectivity index (χ4n) is 1.75. The Hall–Kier alpha value is -0.620. The number of hydrogen-bond donors (Lipinski definition) is 2. The van der Waals surface area contributed by atoms with Crippen molar-refractivity contribution in [3.8, 4) is 0 Å². The Morgan fingerprint density at radius 3 is 2.76 bits per heavy atom. The number of aryl methyl sites for hydroxylation is 1. The number of aliphatic hydroxyl groups is 2. The molecule has 0 bridgehead atoms. The first kappa shape index (κ1) is 12.8. The summed E-state index contributed by atoms with van der Waals surface area (Å²) in [6.07, 6.45) is 2.88. The van der Waals surface area contributed by atoms with Gasteiger partial charge in [-0.05, 0) is 29.9 Å². The van der Waals surface area contributed by atoms with Crippen molar-refractivity contribution < 1.29 is 14.9 Å². The lowest BCUT2D eigenvalue weighted by Crippen LogP contribution is -2.31. The van der Waals surface area contributed by atoms with E-state index in [2.05, 4.69) is 4.98 Å². The molecule has 0 aliphatic carbocycles. The minimum absolute atomic E-state index is 0.229. The fraction of sp³-hybridized carbons (Fsp3) is 0.583. The minimum atomic E-state index is -0.733. The second kappa shape index (κ2) is 6.35. The maximum atomic E-state index is 9.58. The molecule has 1 aromatic rings. The van der Waals surface area contributed by atoms with Crippen LogP contribution < -0.4 is 0 Å². The molecule has 0 aromatic carbocycles. The molecule has 3 atom stereocenters. The van der Waals surface area contributed by atoms with Crippen LogP contribution in [0.4, 0.5) is 0 Å². The lowest BCUT2D eigenvalue weighted by Gasteiger charge is -2.14. The molecule has 5 heteroatoms. The van der Waals surface area contributed by atoms with Crippen molar-refractivity contribution in [2.45, 2.75) is 24.7 Å². The van der Waals surface area contributed by atoms with E-state index in [1.807, 2.05) is 12.1 Å². The molecule has 1 fully saturated rings. The highest BCUT2D eigenvalue weighted by Crippen LogP contribution is 2.19. The molecule has 2 rings (SSSR count). The molecule has 0 radical (unpaired) electrons. The van der Waals surface area contributed by atoms with Gasteiger partial charge in [0.1, 0.15) is 12.2 Å². The van der Waals surface area contributed by atoms with Gasteiger partial charge in [0.05, 0.1) is 12.7 Å². The second-order valence-corrected chi connectivity index (χ2v) is 5.26. The van der Waals surface area contributed by atoms with Gasteiger partial charge in [-0.2, -0.15) is 11.8 Å². The zero-order valence-corrected chi connectivity index (χ0v) is 10.3. The lowest BCUT2D eigenvalue weighted by atomic mass is 10.2. The summed E-state index contributed by atoms with van der Waals surface area (Å²) >= 11 is 1.73. The van der Waals surface area contributed by atoms with Crippen LogP contribution in [0.1, 0.15) is 5.56 Å². The fourth-order valence-corrected chi connectivity index (χ4v) is 2.83. The summed E-state index contributed by atoms with van der Waals surface area (Å²) in [5, 5.41) is 18.9. The molecular weight excluding hydrogens is 238 g/mol. The van der Waals surface area contributed by atoms with E-state index in [0.29, 0.717) is 0 Å². The van der Waals surface area contributed by atoms with Gasteiger partial charge in [0.25, 0.3) is 0 Å². The molecule has 2 N–H and O–H groups in total. The standard InChI is InChI=1S/C12H17NO3S/c14-10-7-16-11(12(10)15)8-17-6-3-9-1-4-13-5-2-9/h1-2,4-5,10-12,14-15H,3,6-8H2. The summed E-state index contributed by atoms with van der Waals surface area (Å²) in [6.45, 7) is 0.247. The van der Waals surface area contributed by atoms with E-state index in [-0.39, 0.29) is 12.7 Å². The van der Waals surface area contributed by atoms with E-state index in [9.17, 15) is 10.2 Å². The predicted octanol–water partition coefficient (Wildman–Crippen LogP) is 0.478. The van der Waals surface area contributed by atoms with Gasteiger partial charge in [0.2, 0.25) is 0 Å². The van der Waals surface area contributed by atoms with Crippen molar-refractivity contribution in [3.05, 3.63) is 30.1 Å². The summed E-state index contributed by atoms with van der Waals surface area (Å²) in [5.74, 6) is 1.70. The third-order valence-electron chi connectivity index (χ3n) is 2.82. The number of hydrogen-bond acceptors (Lipinski definition) is 5. The van der Waals surface area contributed by atoms with Crippen molar-refractivity contribution in [1.82, 2.24) is 4.98 Å². The van der Waals surface area contributed by atoms with Gasteiger partial charge >= 0.3 is 0 Å². The van der Waals surface area contributed by atoms with Crippen LogP contribution in [-0.4, -0.2) is 51.6 Å². The van der Waals surface area contributed by atoms with Crippen molar-refractivity contribution >= 4 is 11.8 Å². The molecule has 1 aromatic heterocycles. The zero-order valence-electron chi connectivity index (χ0n) is 9.53. The van der Waals surface area contributed by atoms with Crippen LogP contribution in [0.25, 0.3) is 0 Å². The number of aromatic nitrogens is 1. The molecule has 17 heavy (non-hydrogen) atoms. The second-order valence-electron chi connectivity index (χ2n) is 4.11. The third-order valence-corrected chi connectivity index (χ3v) is 3.88. The number of ether oxygens (including phenoxy) is 1. The van der Waals surface area contributed by atoms with Crippen molar-refractivity contribution in [3.63, 3.8) is 0 Å². The van der Waals surface area contributed by atoms with Gasteiger partial charge < -0.3 is 14.9 Å². The van der Waals surface area contributed by atoms with Crippen molar-refractivity contribution in [2.75, 3.05) is 18.1 Å². The van der Waals surface area contributed by atoms with Crippen molar-refractivity contribution in [2.24, 2.45) is 0 Å². The van der Waals surface area contributed by atoms with Crippen LogP contribution in [0.3, 0.4) is 0 Å². The van der Waals surface area contributed by atoms with Gasteiger partial charge in [-0.25, -0.2) is 0 Å². The van der Waals surface area contributed by atoms with E-state index < -0.39 is 12.2 Å². The number of aliphatic hydroxyl groups excluding tert-OH is 2. The smallest absolute Gasteiger partial charge is 0.109 e. The van der Waals surface area contributed by atoms with Gasteiger partial charge in [-0.3, -0.25) is 4.98 Å². The Morgan fingerprint density at radius 2 is 2.12 bits per heavy atom. The molecule has 0 amide bonds. The summed E-state index contributed by atoms with van der Waals surface area (Å²) in [4.78, 5) is 3.97. The van der Waals surface area contributed by atoms with Gasteiger partial charge in [-0.1, -0.05) is 0 Å². The predicted molar refractivity (Wildman–Crippen MR) is 67.0 cm³/mol. The molecule has 4 nitrogen and oxygen atoms in total. The summed E-state index contributed by atoms with van der Waals surface area (Å²) in [7, 11) is 0. The summed E-state index contributed by atoms with van der Waals surface area (Å²) in [5.41, 5.74) is 1.26. The van der Waals surface area contributed by atoms with Crippen LogP contribution in [0.2, 0.25) is 0 Å². The van der Waals surface area contributed by atoms with E-state index >= 15 is 0 Å². The Balaban J connectivity index is 1.64. The quantitative estimate of drug-likeness (QED) is 0.749. The van der Waals surface area contributed by atoms with E-state index in [0.717, 1.165) is 17.9 Å². The Morgan fingerprint density at radius 1 is 1.35 bits per heavy atom. The number of rotatable bonds is 5. The topological polar surface area (TPSA) is 62.6 Å². The first-order valence-corrected chi connectivity index (χ1v) is 6.87. The first-order chi connectivity index (χ1) is 8.27. The van der Waals surface area contributed by atoms with Crippen LogP contribution >= 0.6 is 11.8 Å². The molecule has 1 aliphatic rings. The lowest BCUT2D eigenvalue weighted by molar-refractivity contribution is 0.0337. The van der Waals surface area contributed by atoms with Gasteiger partial charge in [-0.15, -0.1) is 0 Å². The van der Waals surface area contributed by atoms with E-state index in [4.69, 9.17) is 4.74 Å². The highest BCUT2D eigenvalue weighted by molar-refractivity contribution is 7.99. The highest BCUT2D eigenvalue weighted by Gasteiger charge is 2.33. The summed E-state index contributed by atoms with van der Waals surface area (Å²) in [6, 6.07) is 4.01. The van der Waals surface area contributed by atoms with Gasteiger partial charge in [0, 0.05) is 18.1 Å². The van der Waals surface area contributed by atoms with E-state index in [1.165, 1.54) is 5.56 Å². The third kappa shape index (κ3) is 3.67. The van der Waals surface area contributed by atoms with Crippen LogP contribution in [0.5, 0.6) is 0 Å². The average Bonchev–Trinajstić information content (AvgIpc) is 2.67. The SMILES string of the molecule is OC1COC(CSCCc2ccncc2)C1O. The molecule has 0 saturated carbocycles. The number of pyridine rings is 1. The summed E-state index contributed by atoms with van der Waals surface area (Å²) < 4.78 is 5.30. The van der Waals surface area contributed by atoms with E-state index in [1.54, 1.807) is 24.2 Å². The molecular formula is C12H17NO3S. The normalized spacial score (nSPS) is 28.5. The molecule has 1 aliphatic heterocycles. The number of thioether (sulfide) groups is 1. The first-order valence-electron chi connectivity index (χ1n) is 5.72. The largest absolute Gasteiger partial charge is 0.388 e. The maximum Gasteiger partial charge on any atom is 0.109 e. The molecule has 1 saturated heterocycles. The molecule has 3 unspecified atom stereocenters. The Bertz CT molecular complexity index is 336. The highest BCUT2D eigenvalue weighted by atomic mass is 32.2. The van der Waals surface area contributed by atoms with Gasteiger partial charge in [0.15, 0.2) is 0 Å². The minimum Gasteiger partial charge on any atom is -0.388 e. The maximum absolute atomic E-state index is 9.58. The molecule has 2 heterocycles. The Labute approximate surface area is 105 Å². The van der Waals surface area contributed by atoms with Crippen LogP contribution in [0, 0.1) is 0 Å². The van der Waals surface area contributed by atoms with Crippen LogP contribution in [-0.2, 0) is 11.2 Å². The zero-order chi connectivity index (χ0) is 12.1. The van der Waals surface area contributed by atoms with Crippen LogP contribution in [0.15, 0.2) is 24.5 Å².